The summed E-state index contributed by atoms with van der Waals surface area (Å²) in [5.41, 5.74) is 12.1. The van der Waals surface area contributed by atoms with E-state index in [0.29, 0.717) is 12.2 Å². The minimum Gasteiger partial charge on any atom is -0.365 e. The van der Waals surface area contributed by atoms with Gasteiger partial charge in [-0.2, -0.15) is 4.98 Å². The van der Waals surface area contributed by atoms with E-state index in [1.54, 1.807) is 6.20 Å². The van der Waals surface area contributed by atoms with Gasteiger partial charge >= 0.3 is 0 Å². The van der Waals surface area contributed by atoms with Crippen LogP contribution in [-0.2, 0) is 0 Å². The molecule has 0 atom stereocenters. The number of hydrogen-bond acceptors (Lipinski definition) is 7. The Bertz CT molecular complexity index is 1140. The molecule has 3 aromatic rings. The van der Waals surface area contributed by atoms with E-state index in [1.807, 2.05) is 30.3 Å². The molecule has 9 nitrogen and oxygen atoms in total. The molecule has 0 unspecified atom stereocenters. The van der Waals surface area contributed by atoms with Crippen molar-refractivity contribution in [2.45, 2.75) is 37.6 Å². The summed E-state index contributed by atoms with van der Waals surface area (Å²) in [5.74, 6) is -0.564. The molecule has 1 amide bonds. The van der Waals surface area contributed by atoms with Crippen LogP contribution in [0.15, 0.2) is 41.3 Å². The van der Waals surface area contributed by atoms with Gasteiger partial charge in [0, 0.05) is 17.5 Å². The number of hydrogen-bond donors (Lipinski definition) is 5. The number of amides is 1. The molecule has 2 aromatic heterocycles. The standard InChI is InChI=1S/C21H25N7O2/c22-17(29)16-18(26-14-10-13-6-2-3-7-15(13)24-11-14)27-20(28-19(16)30)25-12-21(23)8-4-1-5-9-21/h2-3,6-7,10-11H,1,4-5,8-9,12,23H2,(H2,22,29)(H3,25,26,27,28,30). The third kappa shape index (κ3) is 4.25. The molecule has 7 N–H and O–H groups in total. The molecule has 0 saturated heterocycles. The first-order chi connectivity index (χ1) is 14.4. The van der Waals surface area contributed by atoms with Crippen LogP contribution in [0, 0.1) is 0 Å². The lowest BCUT2D eigenvalue weighted by Gasteiger charge is -2.33. The molecule has 0 aliphatic heterocycles. The number of primary amides is 1. The van der Waals surface area contributed by atoms with Crippen LogP contribution in [0.2, 0.25) is 0 Å². The second kappa shape index (κ2) is 8.11. The van der Waals surface area contributed by atoms with Crippen molar-refractivity contribution in [2.24, 2.45) is 11.5 Å². The largest absolute Gasteiger partial charge is 0.365 e. The second-order valence-corrected chi connectivity index (χ2v) is 7.82. The van der Waals surface area contributed by atoms with E-state index in [9.17, 15) is 9.59 Å². The zero-order valence-electron chi connectivity index (χ0n) is 16.6. The summed E-state index contributed by atoms with van der Waals surface area (Å²) in [4.78, 5) is 35.7. The smallest absolute Gasteiger partial charge is 0.267 e. The van der Waals surface area contributed by atoms with Crippen LogP contribution in [0.3, 0.4) is 0 Å². The van der Waals surface area contributed by atoms with Gasteiger partial charge < -0.3 is 22.1 Å². The predicted molar refractivity (Wildman–Crippen MR) is 117 cm³/mol. The molecule has 1 fully saturated rings. The molecule has 0 spiro atoms. The summed E-state index contributed by atoms with van der Waals surface area (Å²) in [6.45, 7) is 0.475. The van der Waals surface area contributed by atoms with Crippen LogP contribution in [0.1, 0.15) is 42.5 Å². The summed E-state index contributed by atoms with van der Waals surface area (Å²) in [5, 5.41) is 7.04. The molecule has 1 saturated carbocycles. The number of fused-ring (bicyclic) bond motifs is 1. The highest BCUT2D eigenvalue weighted by molar-refractivity contribution is 5.98. The lowest BCUT2D eigenvalue weighted by molar-refractivity contribution is 0.0999. The Morgan fingerprint density at radius 1 is 1.20 bits per heavy atom. The maximum atomic E-state index is 12.5. The Morgan fingerprint density at radius 3 is 2.73 bits per heavy atom. The summed E-state index contributed by atoms with van der Waals surface area (Å²) in [6, 6.07) is 9.49. The normalized spacial score (nSPS) is 15.6. The fraction of sp³-hybridized carbons (Fsp3) is 0.333. The second-order valence-electron chi connectivity index (χ2n) is 7.82. The number of benzene rings is 1. The quantitative estimate of drug-likeness (QED) is 0.420. The van der Waals surface area contributed by atoms with E-state index in [-0.39, 0.29) is 22.9 Å². The fourth-order valence-corrected chi connectivity index (χ4v) is 3.84. The van der Waals surface area contributed by atoms with Crippen molar-refractivity contribution < 1.29 is 4.79 Å². The number of nitrogens with two attached hydrogens (primary N) is 2. The number of aromatic nitrogens is 3. The van der Waals surface area contributed by atoms with Gasteiger partial charge in [0.15, 0.2) is 5.82 Å². The number of pyridine rings is 1. The van der Waals surface area contributed by atoms with Crippen molar-refractivity contribution in [3.8, 4) is 0 Å². The lowest BCUT2D eigenvalue weighted by Crippen LogP contribution is -2.48. The molecule has 0 bridgehead atoms. The Kier molecular flexibility index (Phi) is 5.37. The third-order valence-corrected chi connectivity index (χ3v) is 5.48. The van der Waals surface area contributed by atoms with Crippen LogP contribution in [-0.4, -0.2) is 32.9 Å². The predicted octanol–water partition coefficient (Wildman–Crippen LogP) is 2.23. The summed E-state index contributed by atoms with van der Waals surface area (Å²) in [6.07, 6.45) is 6.80. The number of H-pyrrole nitrogens is 1. The zero-order valence-corrected chi connectivity index (χ0v) is 16.6. The minimum atomic E-state index is -0.867. The van der Waals surface area contributed by atoms with Crippen LogP contribution < -0.4 is 27.7 Å². The maximum Gasteiger partial charge on any atom is 0.267 e. The van der Waals surface area contributed by atoms with E-state index in [0.717, 1.165) is 36.6 Å². The van der Waals surface area contributed by atoms with Crippen LogP contribution in [0.5, 0.6) is 0 Å². The van der Waals surface area contributed by atoms with Crippen molar-refractivity contribution in [3.63, 3.8) is 0 Å². The summed E-state index contributed by atoms with van der Waals surface area (Å²) < 4.78 is 0. The fourth-order valence-electron chi connectivity index (χ4n) is 3.84. The van der Waals surface area contributed by atoms with Gasteiger partial charge in [-0.1, -0.05) is 37.5 Å². The highest BCUT2D eigenvalue weighted by Gasteiger charge is 2.27. The van der Waals surface area contributed by atoms with Crippen LogP contribution >= 0.6 is 0 Å². The van der Waals surface area contributed by atoms with Gasteiger partial charge in [0.1, 0.15) is 5.56 Å². The molecule has 30 heavy (non-hydrogen) atoms. The molecule has 1 aliphatic carbocycles. The number of nitrogens with one attached hydrogen (secondary N) is 3. The van der Waals surface area contributed by atoms with Gasteiger partial charge in [0.2, 0.25) is 5.95 Å². The van der Waals surface area contributed by atoms with Crippen molar-refractivity contribution >= 4 is 34.3 Å². The molecular formula is C21H25N7O2. The van der Waals surface area contributed by atoms with Gasteiger partial charge in [-0.25, -0.2) is 0 Å². The Balaban J connectivity index is 1.62. The summed E-state index contributed by atoms with van der Waals surface area (Å²) >= 11 is 0. The first-order valence-electron chi connectivity index (χ1n) is 10.0. The van der Waals surface area contributed by atoms with Gasteiger partial charge in [-0.15, -0.1) is 0 Å². The van der Waals surface area contributed by atoms with Gasteiger partial charge in [-0.3, -0.25) is 19.6 Å². The first-order valence-corrected chi connectivity index (χ1v) is 10.0. The van der Waals surface area contributed by atoms with Gasteiger partial charge in [-0.05, 0) is 25.0 Å². The average molecular weight is 407 g/mol. The number of rotatable bonds is 6. The van der Waals surface area contributed by atoms with E-state index >= 15 is 0 Å². The molecule has 1 aliphatic rings. The number of carbonyl (C=O) groups is 1. The van der Waals surface area contributed by atoms with E-state index < -0.39 is 11.5 Å². The monoisotopic (exact) mass is 407 g/mol. The Labute approximate surface area is 173 Å². The van der Waals surface area contributed by atoms with Gasteiger partial charge in [0.05, 0.1) is 17.4 Å². The number of carbonyl (C=O) groups excluding carboxylic acids is 1. The topological polar surface area (TPSA) is 152 Å². The molecule has 4 rings (SSSR count). The van der Waals surface area contributed by atoms with Crippen LogP contribution in [0.25, 0.3) is 10.9 Å². The zero-order chi connectivity index (χ0) is 21.1. The summed E-state index contributed by atoms with van der Waals surface area (Å²) in [7, 11) is 0. The first kappa shape index (κ1) is 19.8. The number of nitrogens with zero attached hydrogens (tertiary/aromatic N) is 2. The highest BCUT2D eigenvalue weighted by atomic mass is 16.2. The van der Waals surface area contributed by atoms with Crippen molar-refractivity contribution in [2.75, 3.05) is 17.2 Å². The van der Waals surface area contributed by atoms with Crippen molar-refractivity contribution in [1.29, 1.82) is 0 Å². The van der Waals surface area contributed by atoms with Gasteiger partial charge in [0.25, 0.3) is 11.5 Å². The Morgan fingerprint density at radius 2 is 1.97 bits per heavy atom. The molecule has 156 valence electrons. The molecule has 0 radical (unpaired) electrons. The van der Waals surface area contributed by atoms with E-state index in [4.69, 9.17) is 11.5 Å². The lowest BCUT2D eigenvalue weighted by atomic mass is 9.82. The number of aromatic amines is 1. The SMILES string of the molecule is NC(=O)c1c(Nc2cnc3ccccc3c2)nc(NCC2(N)CCCCC2)[nH]c1=O. The molecular weight excluding hydrogens is 382 g/mol. The average Bonchev–Trinajstić information content (AvgIpc) is 2.72. The molecule has 9 heteroatoms. The molecule has 2 heterocycles. The van der Waals surface area contributed by atoms with Crippen molar-refractivity contribution in [3.05, 3.63) is 52.4 Å². The Hall–Kier alpha value is -3.46. The molecule has 1 aromatic carbocycles. The number of para-hydroxylation sites is 1. The van der Waals surface area contributed by atoms with E-state index in [2.05, 4.69) is 25.6 Å². The maximum absolute atomic E-state index is 12.5. The third-order valence-electron chi connectivity index (χ3n) is 5.48. The number of anilines is 3. The van der Waals surface area contributed by atoms with Crippen molar-refractivity contribution in [1.82, 2.24) is 15.0 Å². The highest BCUT2D eigenvalue weighted by Crippen LogP contribution is 2.26. The van der Waals surface area contributed by atoms with E-state index in [1.165, 1.54) is 6.42 Å². The minimum absolute atomic E-state index is 0.0700. The van der Waals surface area contributed by atoms with Crippen LogP contribution in [0.4, 0.5) is 17.5 Å².